The van der Waals surface area contributed by atoms with Crippen LogP contribution in [0.2, 0.25) is 10.0 Å². The van der Waals surface area contributed by atoms with E-state index in [4.69, 9.17) is 38.4 Å². The Morgan fingerprint density at radius 1 is 0.672 bits per heavy atom. The van der Waals surface area contributed by atoms with Gasteiger partial charge in [-0.1, -0.05) is 39.1 Å². The molecular weight excluding hydrogens is 897 g/mol. The molecule has 0 bridgehead atoms. The zero-order valence-electron chi connectivity index (χ0n) is 36.3. The number of anilines is 1. The third-order valence-corrected chi connectivity index (χ3v) is 11.4. The Labute approximate surface area is 378 Å². The third kappa shape index (κ3) is 16.7. The minimum absolute atomic E-state index is 0.0103. The van der Waals surface area contributed by atoms with Crippen molar-refractivity contribution in [2.24, 2.45) is 5.73 Å². The first kappa shape index (κ1) is 50.2. The first-order chi connectivity index (χ1) is 28.6. The Hall–Kier alpha value is -3.40. The highest BCUT2D eigenvalue weighted by Crippen LogP contribution is 2.27. The van der Waals surface area contributed by atoms with E-state index in [1.165, 1.54) is 24.3 Å². The second kappa shape index (κ2) is 22.8. The van der Waals surface area contributed by atoms with E-state index in [0.717, 1.165) is 64.3 Å². The van der Waals surface area contributed by atoms with Crippen molar-refractivity contribution in [1.82, 2.24) is 19.6 Å². The SMILES string of the molecule is CC(C)(C)OC(=O)N1CCC[C@@H](N2CCCC[C@@H](N)C2=O)C1.CC(C)(C)OC(=O)N1CCC[C@@H](N2CCCC[C@@H](Nc3cc(F)cc(Cl)c3)C2=O)C1.Fc1cc(Cl)cc(Br)c1. The number of ether oxygens (including phenoxy) is 2. The zero-order chi connectivity index (χ0) is 45.1. The smallest absolute Gasteiger partial charge is 0.410 e. The predicted octanol–water partition coefficient (Wildman–Crippen LogP) is 9.64. The molecule has 61 heavy (non-hydrogen) atoms. The lowest BCUT2D eigenvalue weighted by Crippen LogP contribution is -2.55. The number of carbonyl (C=O) groups excluding carboxylic acids is 4. The molecule has 6 rings (SSSR count). The fourth-order valence-electron chi connectivity index (χ4n) is 7.78. The molecule has 4 aliphatic heterocycles. The van der Waals surface area contributed by atoms with Gasteiger partial charge in [0.2, 0.25) is 11.8 Å². The fraction of sp³-hybridized carbons (Fsp3) is 0.636. The number of piperidine rings is 2. The maximum absolute atomic E-state index is 13.7. The van der Waals surface area contributed by atoms with Gasteiger partial charge in [0.15, 0.2) is 0 Å². The number of rotatable bonds is 4. The lowest BCUT2D eigenvalue weighted by molar-refractivity contribution is -0.136. The van der Waals surface area contributed by atoms with Crippen LogP contribution in [-0.4, -0.2) is 118 Å². The van der Waals surface area contributed by atoms with Crippen molar-refractivity contribution in [2.45, 2.75) is 141 Å². The molecule has 3 N–H and O–H groups in total. The topological polar surface area (TPSA) is 138 Å². The number of hydrogen-bond donors (Lipinski definition) is 2. The van der Waals surface area contributed by atoms with E-state index < -0.39 is 23.1 Å². The van der Waals surface area contributed by atoms with Crippen molar-refractivity contribution in [2.75, 3.05) is 44.6 Å². The summed E-state index contributed by atoms with van der Waals surface area (Å²) in [5, 5.41) is 3.86. The van der Waals surface area contributed by atoms with E-state index in [-0.39, 0.29) is 53.0 Å². The molecule has 2 aromatic rings. The van der Waals surface area contributed by atoms with Gasteiger partial charge in [0.1, 0.15) is 28.9 Å². The molecule has 4 heterocycles. The normalized spacial score (nSPS) is 22.8. The molecule has 4 amide bonds. The Bertz CT molecular complexity index is 1750. The van der Waals surface area contributed by atoms with Crippen LogP contribution in [-0.2, 0) is 19.1 Å². The summed E-state index contributed by atoms with van der Waals surface area (Å²) in [6.45, 7) is 14.9. The average molecular weight is 961 g/mol. The molecule has 0 aliphatic carbocycles. The van der Waals surface area contributed by atoms with Crippen LogP contribution in [0.1, 0.15) is 106 Å². The van der Waals surface area contributed by atoms with Crippen LogP contribution in [0.3, 0.4) is 0 Å². The molecule has 4 atom stereocenters. The first-order valence-electron chi connectivity index (χ1n) is 21.2. The van der Waals surface area contributed by atoms with Crippen LogP contribution in [0.15, 0.2) is 40.9 Å². The van der Waals surface area contributed by atoms with Gasteiger partial charge in [-0.3, -0.25) is 9.59 Å². The van der Waals surface area contributed by atoms with Gasteiger partial charge in [0.25, 0.3) is 0 Å². The Kier molecular flexibility index (Phi) is 18.8. The summed E-state index contributed by atoms with van der Waals surface area (Å²) in [5.41, 5.74) is 5.41. The van der Waals surface area contributed by atoms with E-state index in [2.05, 4.69) is 21.2 Å². The lowest BCUT2D eigenvalue weighted by atomic mass is 10.0. The van der Waals surface area contributed by atoms with Crippen molar-refractivity contribution < 1.29 is 37.4 Å². The maximum atomic E-state index is 13.7. The van der Waals surface area contributed by atoms with Gasteiger partial charge in [-0.15, -0.1) is 0 Å². The summed E-state index contributed by atoms with van der Waals surface area (Å²) < 4.78 is 37.6. The summed E-state index contributed by atoms with van der Waals surface area (Å²) in [5.74, 6) is -0.741. The molecule has 17 heteroatoms. The van der Waals surface area contributed by atoms with Crippen LogP contribution >= 0.6 is 39.1 Å². The summed E-state index contributed by atoms with van der Waals surface area (Å²) in [7, 11) is 0. The van der Waals surface area contributed by atoms with E-state index in [0.29, 0.717) is 54.3 Å². The van der Waals surface area contributed by atoms with Crippen molar-refractivity contribution in [3.05, 3.63) is 62.6 Å². The Morgan fingerprint density at radius 3 is 1.62 bits per heavy atom. The number of hydrogen-bond acceptors (Lipinski definition) is 8. The molecule has 12 nitrogen and oxygen atoms in total. The first-order valence-corrected chi connectivity index (χ1v) is 22.8. The second-order valence-corrected chi connectivity index (χ2v) is 19.8. The van der Waals surface area contributed by atoms with Gasteiger partial charge in [-0.05, 0) is 142 Å². The van der Waals surface area contributed by atoms with E-state index in [1.54, 1.807) is 21.9 Å². The van der Waals surface area contributed by atoms with E-state index in [1.807, 2.05) is 51.3 Å². The van der Waals surface area contributed by atoms with Crippen LogP contribution in [0.25, 0.3) is 0 Å². The minimum atomic E-state index is -0.552. The molecule has 0 spiro atoms. The van der Waals surface area contributed by atoms with Crippen LogP contribution in [0, 0.1) is 11.6 Å². The Morgan fingerprint density at radius 2 is 1.15 bits per heavy atom. The number of carbonyl (C=O) groups is 4. The Balaban J connectivity index is 0.000000230. The largest absolute Gasteiger partial charge is 0.444 e. The molecule has 0 radical (unpaired) electrons. The maximum Gasteiger partial charge on any atom is 0.410 e. The quantitative estimate of drug-likeness (QED) is 0.309. The molecule has 2 aromatic carbocycles. The van der Waals surface area contributed by atoms with Gasteiger partial charge in [-0.25, -0.2) is 18.4 Å². The monoisotopic (exact) mass is 958 g/mol. The summed E-state index contributed by atoms with van der Waals surface area (Å²) >= 11 is 14.5. The molecule has 4 fully saturated rings. The van der Waals surface area contributed by atoms with Crippen molar-refractivity contribution in [3.63, 3.8) is 0 Å². The van der Waals surface area contributed by atoms with Gasteiger partial charge >= 0.3 is 12.2 Å². The van der Waals surface area contributed by atoms with Gasteiger partial charge in [-0.2, -0.15) is 0 Å². The summed E-state index contributed by atoms with van der Waals surface area (Å²) in [4.78, 5) is 57.7. The molecule has 4 saturated heterocycles. The summed E-state index contributed by atoms with van der Waals surface area (Å²) in [6, 6.07) is 7.64. The molecule has 4 aliphatic rings. The number of likely N-dealkylation sites (tertiary alicyclic amines) is 4. The molecule has 0 saturated carbocycles. The number of nitrogens with zero attached hydrogens (tertiary/aromatic N) is 4. The highest BCUT2D eigenvalue weighted by molar-refractivity contribution is 9.10. The third-order valence-electron chi connectivity index (χ3n) is 10.5. The van der Waals surface area contributed by atoms with Crippen molar-refractivity contribution in [3.8, 4) is 0 Å². The van der Waals surface area contributed by atoms with Crippen LogP contribution in [0.4, 0.5) is 24.1 Å². The van der Waals surface area contributed by atoms with Gasteiger partial charge < -0.3 is 40.1 Å². The molecule has 0 unspecified atom stereocenters. The number of nitrogens with one attached hydrogen (secondary N) is 1. The minimum Gasteiger partial charge on any atom is -0.444 e. The number of nitrogens with two attached hydrogens (primary N) is 1. The summed E-state index contributed by atoms with van der Waals surface area (Å²) in [6.07, 6.45) is 8.08. The average Bonchev–Trinajstić information content (AvgIpc) is 3.44. The fourth-order valence-corrected chi connectivity index (χ4v) is 8.82. The highest BCUT2D eigenvalue weighted by Gasteiger charge is 2.37. The van der Waals surface area contributed by atoms with Crippen LogP contribution < -0.4 is 11.1 Å². The van der Waals surface area contributed by atoms with E-state index in [9.17, 15) is 28.0 Å². The number of halogens is 5. The molecule has 340 valence electrons. The molecular formula is C44H63BrCl2F2N6O6. The standard InChI is InChI=1S/C22H31ClFN3O3.C16H29N3O3.C6H3BrClF/c1-22(2,3)30-21(29)26-9-6-7-18(14-26)27-10-5-4-8-19(20(27)28)25-17-12-15(23)11-16(24)13-17;1-16(2,3)22-15(21)18-9-6-7-12(11-18)19-10-5-4-8-13(17)14(19)20;7-4-1-5(8)3-6(9)2-4/h11-13,18-19,25H,4-10,14H2,1-3H3;12-13H,4-11,17H2,1-3H3;1-3H/t18-,19-;12-,13-;/m11./s1. The lowest BCUT2D eigenvalue weighted by Gasteiger charge is -2.40. The highest BCUT2D eigenvalue weighted by atomic mass is 79.9. The number of benzene rings is 2. The zero-order valence-corrected chi connectivity index (χ0v) is 39.4. The van der Waals surface area contributed by atoms with Crippen molar-refractivity contribution >= 4 is 68.8 Å². The second-order valence-electron chi connectivity index (χ2n) is 18.0. The molecule has 0 aromatic heterocycles. The van der Waals surface area contributed by atoms with Crippen LogP contribution in [0.5, 0.6) is 0 Å². The predicted molar refractivity (Wildman–Crippen MR) is 239 cm³/mol. The number of amides is 4. The van der Waals surface area contributed by atoms with E-state index >= 15 is 0 Å². The van der Waals surface area contributed by atoms with Gasteiger partial charge in [0.05, 0.1) is 6.04 Å². The van der Waals surface area contributed by atoms with Crippen molar-refractivity contribution in [1.29, 1.82) is 0 Å². The van der Waals surface area contributed by atoms with Gasteiger partial charge in [0, 0.05) is 71.6 Å².